The Labute approximate surface area is 89.6 Å². The predicted molar refractivity (Wildman–Crippen MR) is 59.5 cm³/mol. The van der Waals surface area contributed by atoms with Gasteiger partial charge in [0.1, 0.15) is 0 Å². The number of hydrogen-bond acceptors (Lipinski definition) is 3. The van der Waals surface area contributed by atoms with E-state index in [2.05, 4.69) is 5.32 Å². The first-order valence-electron chi connectivity index (χ1n) is 5.48. The second kappa shape index (κ2) is 5.03. The molecule has 3 nitrogen and oxygen atoms in total. The van der Waals surface area contributed by atoms with Crippen molar-refractivity contribution in [3.8, 4) is 0 Å². The lowest BCUT2D eigenvalue weighted by Gasteiger charge is -2.23. The average molecular weight is 214 g/mol. The van der Waals surface area contributed by atoms with Gasteiger partial charge in [-0.3, -0.25) is 4.79 Å². The number of carbonyl (C=O) groups excluding carboxylic acids is 1. The second-order valence-corrected chi connectivity index (χ2v) is 5.16. The van der Waals surface area contributed by atoms with Crippen LogP contribution in [0.15, 0.2) is 0 Å². The van der Waals surface area contributed by atoms with Crippen LogP contribution in [0.3, 0.4) is 0 Å². The van der Waals surface area contributed by atoms with Crippen molar-refractivity contribution in [3.05, 3.63) is 0 Å². The van der Waals surface area contributed by atoms with Gasteiger partial charge in [0.15, 0.2) is 0 Å². The minimum absolute atomic E-state index is 0.123. The second-order valence-electron chi connectivity index (χ2n) is 3.94. The number of hydrogen-bond donors (Lipinski definition) is 1. The van der Waals surface area contributed by atoms with E-state index in [0.717, 1.165) is 44.6 Å². The van der Waals surface area contributed by atoms with Crippen molar-refractivity contribution in [3.63, 3.8) is 0 Å². The Morgan fingerprint density at radius 3 is 3.00 bits per heavy atom. The Balaban J connectivity index is 1.88. The van der Waals surface area contributed by atoms with Crippen LogP contribution in [0.5, 0.6) is 0 Å². The van der Waals surface area contributed by atoms with Gasteiger partial charge in [0.2, 0.25) is 5.91 Å². The third-order valence-electron chi connectivity index (χ3n) is 2.89. The number of amides is 1. The standard InChI is InChI=1S/C10H18N2OS/c13-10(9-3-1-4-11-9)12-5-2-7-14-8-6-12/h9,11H,1-8H2/t9-/m1/s1. The van der Waals surface area contributed by atoms with E-state index in [1.807, 2.05) is 16.7 Å². The molecule has 1 amide bonds. The van der Waals surface area contributed by atoms with E-state index in [1.165, 1.54) is 5.75 Å². The molecular formula is C10H18N2OS. The summed E-state index contributed by atoms with van der Waals surface area (Å²) in [6.45, 7) is 2.92. The number of nitrogens with one attached hydrogen (secondary N) is 1. The van der Waals surface area contributed by atoms with Crippen molar-refractivity contribution in [2.24, 2.45) is 0 Å². The lowest BCUT2D eigenvalue weighted by molar-refractivity contribution is -0.132. The predicted octanol–water partition coefficient (Wildman–Crippen LogP) is 0.704. The van der Waals surface area contributed by atoms with Crippen LogP contribution in [0.2, 0.25) is 0 Å². The summed E-state index contributed by atoms with van der Waals surface area (Å²) in [5.41, 5.74) is 0. The smallest absolute Gasteiger partial charge is 0.239 e. The zero-order chi connectivity index (χ0) is 9.80. The van der Waals surface area contributed by atoms with E-state index in [-0.39, 0.29) is 6.04 Å². The molecule has 0 aliphatic carbocycles. The molecule has 4 heteroatoms. The number of rotatable bonds is 1. The first-order chi connectivity index (χ1) is 6.88. The number of carbonyl (C=O) groups is 1. The zero-order valence-electron chi connectivity index (χ0n) is 8.50. The average Bonchev–Trinajstić information content (AvgIpc) is 2.59. The fourth-order valence-corrected chi connectivity index (χ4v) is 2.97. The monoisotopic (exact) mass is 214 g/mol. The van der Waals surface area contributed by atoms with Crippen molar-refractivity contribution in [2.45, 2.75) is 25.3 Å². The van der Waals surface area contributed by atoms with E-state index in [1.54, 1.807) is 0 Å². The lowest BCUT2D eigenvalue weighted by atomic mass is 10.2. The summed E-state index contributed by atoms with van der Waals surface area (Å²) in [5.74, 6) is 2.66. The fourth-order valence-electron chi connectivity index (χ4n) is 2.08. The maximum absolute atomic E-state index is 12.0. The summed E-state index contributed by atoms with van der Waals surface area (Å²) < 4.78 is 0. The number of nitrogens with zero attached hydrogens (tertiary/aromatic N) is 1. The molecule has 0 aromatic heterocycles. The maximum Gasteiger partial charge on any atom is 0.239 e. The summed E-state index contributed by atoms with van der Waals surface area (Å²) in [6.07, 6.45) is 3.34. The van der Waals surface area contributed by atoms with Crippen LogP contribution in [0.1, 0.15) is 19.3 Å². The summed E-state index contributed by atoms with van der Waals surface area (Å²) in [5, 5.41) is 3.28. The van der Waals surface area contributed by atoms with Crippen LogP contribution in [-0.2, 0) is 4.79 Å². The summed E-state index contributed by atoms with van der Waals surface area (Å²) in [7, 11) is 0. The molecule has 2 heterocycles. The van der Waals surface area contributed by atoms with Crippen LogP contribution >= 0.6 is 11.8 Å². The Bertz CT molecular complexity index is 196. The van der Waals surface area contributed by atoms with E-state index in [4.69, 9.17) is 0 Å². The van der Waals surface area contributed by atoms with Gasteiger partial charge in [-0.25, -0.2) is 0 Å². The summed E-state index contributed by atoms with van der Waals surface area (Å²) >= 11 is 1.97. The molecule has 2 aliphatic heterocycles. The Morgan fingerprint density at radius 2 is 2.21 bits per heavy atom. The van der Waals surface area contributed by atoms with Gasteiger partial charge >= 0.3 is 0 Å². The lowest BCUT2D eigenvalue weighted by Crippen LogP contribution is -2.44. The fraction of sp³-hybridized carbons (Fsp3) is 0.900. The highest BCUT2D eigenvalue weighted by atomic mass is 32.2. The minimum Gasteiger partial charge on any atom is -0.340 e. The molecule has 2 aliphatic rings. The highest BCUT2D eigenvalue weighted by Crippen LogP contribution is 2.14. The van der Waals surface area contributed by atoms with Crippen LogP contribution in [0, 0.1) is 0 Å². The van der Waals surface area contributed by atoms with Gasteiger partial charge in [0.25, 0.3) is 0 Å². The first kappa shape index (κ1) is 10.3. The molecule has 1 atom stereocenters. The molecule has 2 saturated heterocycles. The first-order valence-corrected chi connectivity index (χ1v) is 6.63. The third-order valence-corrected chi connectivity index (χ3v) is 3.94. The van der Waals surface area contributed by atoms with E-state index >= 15 is 0 Å². The summed E-state index contributed by atoms with van der Waals surface area (Å²) in [4.78, 5) is 14.1. The topological polar surface area (TPSA) is 32.3 Å². The molecule has 0 aromatic rings. The maximum atomic E-state index is 12.0. The SMILES string of the molecule is O=C([C@H]1CCCN1)N1CCCSCC1. The van der Waals surface area contributed by atoms with Crippen LogP contribution < -0.4 is 5.32 Å². The van der Waals surface area contributed by atoms with Crippen LogP contribution in [-0.4, -0.2) is 48.0 Å². The van der Waals surface area contributed by atoms with Crippen molar-refractivity contribution < 1.29 is 4.79 Å². The molecule has 0 saturated carbocycles. The van der Waals surface area contributed by atoms with Gasteiger partial charge in [-0.05, 0) is 31.6 Å². The van der Waals surface area contributed by atoms with E-state index in [9.17, 15) is 4.79 Å². The van der Waals surface area contributed by atoms with E-state index in [0.29, 0.717) is 5.91 Å². The van der Waals surface area contributed by atoms with Gasteiger partial charge in [-0.1, -0.05) is 0 Å². The van der Waals surface area contributed by atoms with Crippen molar-refractivity contribution >= 4 is 17.7 Å². The quantitative estimate of drug-likeness (QED) is 0.697. The number of thioether (sulfide) groups is 1. The minimum atomic E-state index is 0.123. The van der Waals surface area contributed by atoms with Gasteiger partial charge in [0.05, 0.1) is 6.04 Å². The molecule has 1 N–H and O–H groups in total. The molecule has 0 bridgehead atoms. The van der Waals surface area contributed by atoms with Crippen LogP contribution in [0.25, 0.3) is 0 Å². The molecule has 0 unspecified atom stereocenters. The molecule has 14 heavy (non-hydrogen) atoms. The molecule has 0 spiro atoms. The van der Waals surface area contributed by atoms with Crippen molar-refractivity contribution in [1.29, 1.82) is 0 Å². The van der Waals surface area contributed by atoms with Gasteiger partial charge in [-0.2, -0.15) is 11.8 Å². The highest BCUT2D eigenvalue weighted by Gasteiger charge is 2.26. The molecular weight excluding hydrogens is 196 g/mol. The Morgan fingerprint density at radius 1 is 1.29 bits per heavy atom. The van der Waals surface area contributed by atoms with E-state index < -0.39 is 0 Å². The van der Waals surface area contributed by atoms with Gasteiger partial charge < -0.3 is 10.2 Å². The zero-order valence-corrected chi connectivity index (χ0v) is 9.31. The van der Waals surface area contributed by atoms with Gasteiger partial charge in [0, 0.05) is 18.8 Å². The molecule has 0 radical (unpaired) electrons. The van der Waals surface area contributed by atoms with Crippen molar-refractivity contribution in [2.75, 3.05) is 31.1 Å². The Hall–Kier alpha value is -0.220. The summed E-state index contributed by atoms with van der Waals surface area (Å²) in [6, 6.07) is 0.123. The molecule has 2 fully saturated rings. The molecule has 2 rings (SSSR count). The Kier molecular flexibility index (Phi) is 3.70. The van der Waals surface area contributed by atoms with Crippen molar-refractivity contribution in [1.82, 2.24) is 10.2 Å². The third kappa shape index (κ3) is 2.42. The van der Waals surface area contributed by atoms with Crippen LogP contribution in [0.4, 0.5) is 0 Å². The molecule has 80 valence electrons. The normalized spacial score (nSPS) is 28.9. The largest absolute Gasteiger partial charge is 0.340 e. The van der Waals surface area contributed by atoms with Gasteiger partial charge in [-0.15, -0.1) is 0 Å². The highest BCUT2D eigenvalue weighted by molar-refractivity contribution is 7.99. The molecule has 0 aromatic carbocycles.